The van der Waals surface area contributed by atoms with Gasteiger partial charge in [0, 0.05) is 33.6 Å². The van der Waals surface area contributed by atoms with Gasteiger partial charge in [-0.05, 0) is 50.9 Å². The topological polar surface area (TPSA) is 107 Å². The molecule has 2 rings (SSSR count). The molecular formula is C26H40N4O5. The molecule has 9 nitrogen and oxygen atoms in total. The van der Waals surface area contributed by atoms with Gasteiger partial charge in [-0.25, -0.2) is 14.3 Å². The maximum absolute atomic E-state index is 12.5. The lowest BCUT2D eigenvalue weighted by molar-refractivity contribution is -0.152. The Hall–Kier alpha value is -2.94. The Labute approximate surface area is 207 Å². The molecule has 0 radical (unpaired) electrons. The number of hydrogen-bond donors (Lipinski definition) is 1. The van der Waals surface area contributed by atoms with Gasteiger partial charge in [0.2, 0.25) is 0 Å². The molecule has 0 aliphatic carbocycles. The van der Waals surface area contributed by atoms with E-state index in [0.717, 1.165) is 36.1 Å². The first-order valence-corrected chi connectivity index (χ1v) is 12.4. The normalized spacial score (nSPS) is 11.7. The molecule has 1 N–H and O–H groups in total. The standard InChI is InChI=1S/C26H40N4O5/c1-6-7-8-9-10-17-30(19-16-22-23(31)28(4)25(34)29(5)27-22)18-15-20-11-13-21(14-12-20)35-26(2,3)24(32)33/h11-14H,6-10,15-19H2,1-5H3,(H,32,33). The second-order valence-corrected chi connectivity index (χ2v) is 9.53. The number of carbonyl (C=O) groups is 1. The van der Waals surface area contributed by atoms with Crippen LogP contribution in [-0.2, 0) is 31.7 Å². The number of aryl methyl sites for hydroxylation is 1. The van der Waals surface area contributed by atoms with E-state index in [1.54, 1.807) is 19.2 Å². The third-order valence-electron chi connectivity index (χ3n) is 6.16. The second kappa shape index (κ2) is 13.2. The molecule has 194 valence electrons. The van der Waals surface area contributed by atoms with E-state index < -0.39 is 17.3 Å². The summed E-state index contributed by atoms with van der Waals surface area (Å²) < 4.78 is 7.90. The Morgan fingerprint density at radius 2 is 1.63 bits per heavy atom. The number of nitrogens with zero attached hydrogens (tertiary/aromatic N) is 4. The first-order chi connectivity index (χ1) is 16.5. The monoisotopic (exact) mass is 488 g/mol. The number of hydrogen-bond acceptors (Lipinski definition) is 6. The first-order valence-electron chi connectivity index (χ1n) is 12.4. The van der Waals surface area contributed by atoms with Gasteiger partial charge in [-0.2, -0.15) is 5.10 Å². The van der Waals surface area contributed by atoms with Gasteiger partial charge in [-0.1, -0.05) is 44.7 Å². The van der Waals surface area contributed by atoms with Crippen molar-refractivity contribution in [2.75, 3.05) is 19.6 Å². The summed E-state index contributed by atoms with van der Waals surface area (Å²) in [7, 11) is 3.04. The van der Waals surface area contributed by atoms with E-state index in [4.69, 9.17) is 4.74 Å². The number of carboxylic acid groups (broad SMARTS) is 1. The lowest BCUT2D eigenvalue weighted by Crippen LogP contribution is -2.41. The fraction of sp³-hybridized carbons (Fsp3) is 0.615. The number of rotatable bonds is 15. The summed E-state index contributed by atoms with van der Waals surface area (Å²) in [6.07, 6.45) is 7.23. The fourth-order valence-corrected chi connectivity index (χ4v) is 3.81. The largest absolute Gasteiger partial charge is 0.478 e. The first kappa shape index (κ1) is 28.3. The second-order valence-electron chi connectivity index (χ2n) is 9.53. The molecule has 1 heterocycles. The van der Waals surface area contributed by atoms with E-state index in [0.29, 0.717) is 24.4 Å². The Balaban J connectivity index is 2.01. The molecule has 0 fully saturated rings. The van der Waals surface area contributed by atoms with Gasteiger partial charge in [0.15, 0.2) is 5.60 Å². The van der Waals surface area contributed by atoms with Gasteiger partial charge in [-0.15, -0.1) is 0 Å². The molecule has 0 spiro atoms. The van der Waals surface area contributed by atoms with Gasteiger partial charge < -0.3 is 14.7 Å². The van der Waals surface area contributed by atoms with Crippen molar-refractivity contribution < 1.29 is 14.6 Å². The highest BCUT2D eigenvalue weighted by molar-refractivity contribution is 5.76. The molecule has 0 aliphatic heterocycles. The minimum Gasteiger partial charge on any atom is -0.478 e. The van der Waals surface area contributed by atoms with Crippen LogP contribution in [0.2, 0.25) is 0 Å². The van der Waals surface area contributed by atoms with Gasteiger partial charge in [-0.3, -0.25) is 9.36 Å². The Bertz CT molecular complexity index is 1070. The maximum atomic E-state index is 12.5. The van der Waals surface area contributed by atoms with E-state index in [-0.39, 0.29) is 5.56 Å². The summed E-state index contributed by atoms with van der Waals surface area (Å²) >= 11 is 0. The number of carboxylic acids is 1. The van der Waals surface area contributed by atoms with Crippen molar-refractivity contribution in [1.29, 1.82) is 0 Å². The molecule has 0 aliphatic rings. The molecular weight excluding hydrogens is 448 g/mol. The Kier molecular flexibility index (Phi) is 10.7. The lowest BCUT2D eigenvalue weighted by atomic mass is 10.1. The molecule has 1 aromatic heterocycles. The molecule has 0 unspecified atom stereocenters. The minimum absolute atomic E-state index is 0.337. The lowest BCUT2D eigenvalue weighted by Gasteiger charge is -2.23. The van der Waals surface area contributed by atoms with E-state index in [1.807, 2.05) is 12.1 Å². The molecule has 0 atom stereocenters. The predicted octanol–water partition coefficient (Wildman–Crippen LogP) is 2.78. The highest BCUT2D eigenvalue weighted by Gasteiger charge is 2.29. The van der Waals surface area contributed by atoms with Crippen LogP contribution in [0.4, 0.5) is 0 Å². The molecule has 35 heavy (non-hydrogen) atoms. The zero-order valence-corrected chi connectivity index (χ0v) is 21.7. The van der Waals surface area contributed by atoms with Crippen molar-refractivity contribution >= 4 is 5.97 Å². The summed E-state index contributed by atoms with van der Waals surface area (Å²) in [5.41, 5.74) is -0.533. The SMILES string of the molecule is CCCCCCCN(CCc1ccc(OC(C)(C)C(=O)O)cc1)CCc1nn(C)c(=O)n(C)c1=O. The van der Waals surface area contributed by atoms with Gasteiger partial charge >= 0.3 is 11.7 Å². The van der Waals surface area contributed by atoms with E-state index >= 15 is 0 Å². The van der Waals surface area contributed by atoms with Crippen LogP contribution in [0, 0.1) is 0 Å². The maximum Gasteiger partial charge on any atom is 0.347 e. The minimum atomic E-state index is -1.29. The van der Waals surface area contributed by atoms with Crippen LogP contribution in [0.25, 0.3) is 0 Å². The Morgan fingerprint density at radius 3 is 2.26 bits per heavy atom. The summed E-state index contributed by atoms with van der Waals surface area (Å²) in [5, 5.41) is 13.4. The molecule has 9 heteroatoms. The molecule has 0 amide bonds. The summed E-state index contributed by atoms with van der Waals surface area (Å²) in [5.74, 6) is -0.496. The van der Waals surface area contributed by atoms with Crippen LogP contribution < -0.4 is 16.0 Å². The van der Waals surface area contributed by atoms with Crippen molar-refractivity contribution in [3.63, 3.8) is 0 Å². The van der Waals surface area contributed by atoms with Gasteiger partial charge in [0.1, 0.15) is 11.4 Å². The van der Waals surface area contributed by atoms with Crippen LogP contribution >= 0.6 is 0 Å². The molecule has 0 saturated carbocycles. The predicted molar refractivity (Wildman–Crippen MR) is 136 cm³/mol. The Morgan fingerprint density at radius 1 is 1.00 bits per heavy atom. The summed E-state index contributed by atoms with van der Waals surface area (Å²) in [4.78, 5) is 38.0. The molecule has 1 aromatic carbocycles. The molecule has 0 saturated heterocycles. The van der Waals surface area contributed by atoms with Crippen molar-refractivity contribution in [1.82, 2.24) is 19.2 Å². The van der Waals surface area contributed by atoms with Crippen molar-refractivity contribution in [2.45, 2.75) is 71.3 Å². The van der Waals surface area contributed by atoms with E-state index in [9.17, 15) is 19.5 Å². The van der Waals surface area contributed by atoms with Crippen LogP contribution in [0.15, 0.2) is 33.9 Å². The van der Waals surface area contributed by atoms with Crippen LogP contribution in [-0.4, -0.2) is 55.6 Å². The zero-order valence-electron chi connectivity index (χ0n) is 21.7. The highest BCUT2D eigenvalue weighted by Crippen LogP contribution is 2.19. The third-order valence-corrected chi connectivity index (χ3v) is 6.16. The zero-order chi connectivity index (χ0) is 26.0. The van der Waals surface area contributed by atoms with Crippen molar-refractivity contribution in [2.24, 2.45) is 14.1 Å². The smallest absolute Gasteiger partial charge is 0.347 e. The van der Waals surface area contributed by atoms with Gasteiger partial charge in [0.25, 0.3) is 5.56 Å². The molecule has 0 bridgehead atoms. The average Bonchev–Trinajstić information content (AvgIpc) is 2.82. The molecule has 2 aromatic rings. The number of aromatic nitrogens is 3. The number of aliphatic carboxylic acids is 1. The van der Waals surface area contributed by atoms with Crippen LogP contribution in [0.5, 0.6) is 5.75 Å². The quantitative estimate of drug-likeness (QED) is 0.384. The number of ether oxygens (including phenoxy) is 1. The highest BCUT2D eigenvalue weighted by atomic mass is 16.5. The van der Waals surface area contributed by atoms with Crippen LogP contribution in [0.3, 0.4) is 0 Å². The summed E-state index contributed by atoms with van der Waals surface area (Å²) in [6, 6.07) is 7.51. The van der Waals surface area contributed by atoms with E-state index in [1.165, 1.54) is 51.3 Å². The number of benzene rings is 1. The van der Waals surface area contributed by atoms with Crippen LogP contribution in [0.1, 0.15) is 64.1 Å². The summed E-state index contributed by atoms with van der Waals surface area (Å²) in [6.45, 7) is 7.68. The fourth-order valence-electron chi connectivity index (χ4n) is 3.81. The van der Waals surface area contributed by atoms with Gasteiger partial charge in [0.05, 0.1) is 0 Å². The third kappa shape index (κ3) is 8.65. The van der Waals surface area contributed by atoms with Crippen molar-refractivity contribution in [3.05, 3.63) is 56.4 Å². The van der Waals surface area contributed by atoms with Crippen molar-refractivity contribution in [3.8, 4) is 5.75 Å². The van der Waals surface area contributed by atoms with E-state index in [2.05, 4.69) is 16.9 Å². The number of unbranched alkanes of at least 4 members (excludes halogenated alkanes) is 4. The average molecular weight is 489 g/mol.